The van der Waals surface area contributed by atoms with Gasteiger partial charge < -0.3 is 0 Å². The molecule has 0 N–H and O–H groups in total. The van der Waals surface area contributed by atoms with Crippen molar-refractivity contribution in [3.8, 4) is 6.07 Å². The zero-order valence-corrected chi connectivity index (χ0v) is 8.03. The highest BCUT2D eigenvalue weighted by Gasteiger charge is 2.19. The smallest absolute Gasteiger partial charge is 0.207 e. The van der Waals surface area contributed by atoms with E-state index in [-0.39, 0.29) is 0 Å². The van der Waals surface area contributed by atoms with Crippen molar-refractivity contribution in [3.63, 3.8) is 0 Å². The van der Waals surface area contributed by atoms with Gasteiger partial charge in [0.2, 0.25) is 0 Å². The number of nitriles is 1. The maximum absolute atomic E-state index is 12.6. The molecule has 0 aromatic heterocycles. The molecule has 3 nitrogen and oxygen atoms in total. The van der Waals surface area contributed by atoms with Gasteiger partial charge in [-0.3, -0.25) is 0 Å². The molecular formula is C7H2ClF2NO2S. The highest BCUT2D eigenvalue weighted by atomic mass is 35.7. The Morgan fingerprint density at radius 1 is 1.29 bits per heavy atom. The molecule has 0 bridgehead atoms. The zero-order chi connectivity index (χ0) is 10.9. The second-order valence-electron chi connectivity index (χ2n) is 2.31. The number of rotatable bonds is 1. The molecule has 1 aromatic rings. The summed E-state index contributed by atoms with van der Waals surface area (Å²) >= 11 is 0. The Kier molecular flexibility index (Phi) is 2.73. The fraction of sp³-hybridized carbons (Fsp3) is 0. The highest BCUT2D eigenvalue weighted by molar-refractivity contribution is 8.13. The fourth-order valence-corrected chi connectivity index (χ4v) is 1.81. The summed E-state index contributed by atoms with van der Waals surface area (Å²) < 4.78 is 46.8. The topological polar surface area (TPSA) is 57.9 Å². The maximum atomic E-state index is 12.6. The number of benzene rings is 1. The van der Waals surface area contributed by atoms with Crippen LogP contribution in [-0.2, 0) is 9.05 Å². The van der Waals surface area contributed by atoms with Gasteiger partial charge in [0.1, 0.15) is 11.0 Å². The fourth-order valence-electron chi connectivity index (χ4n) is 0.818. The van der Waals surface area contributed by atoms with Gasteiger partial charge in [-0.2, -0.15) is 5.26 Å². The summed E-state index contributed by atoms with van der Waals surface area (Å²) in [5, 5.41) is 8.43. The van der Waals surface area contributed by atoms with E-state index in [1.165, 1.54) is 6.07 Å². The van der Waals surface area contributed by atoms with Crippen LogP contribution in [-0.4, -0.2) is 8.42 Å². The number of hydrogen-bond acceptors (Lipinski definition) is 3. The minimum absolute atomic E-state index is 0.371. The van der Waals surface area contributed by atoms with Crippen LogP contribution in [0, 0.1) is 23.0 Å². The molecule has 7 heteroatoms. The molecule has 0 fully saturated rings. The minimum atomic E-state index is -4.24. The monoisotopic (exact) mass is 237 g/mol. The summed E-state index contributed by atoms with van der Waals surface area (Å²) in [7, 11) is 0.657. The van der Waals surface area contributed by atoms with Crippen molar-refractivity contribution in [2.75, 3.05) is 0 Å². The molecule has 0 atom stereocenters. The van der Waals surface area contributed by atoms with Crippen molar-refractivity contribution in [1.29, 1.82) is 5.26 Å². The number of halogens is 3. The largest absolute Gasteiger partial charge is 0.262 e. The van der Waals surface area contributed by atoms with Crippen molar-refractivity contribution in [3.05, 3.63) is 29.3 Å². The Labute approximate surface area is 83.0 Å². The van der Waals surface area contributed by atoms with E-state index in [1.807, 2.05) is 0 Å². The molecule has 0 radical (unpaired) electrons. The van der Waals surface area contributed by atoms with Crippen molar-refractivity contribution in [1.82, 2.24) is 0 Å². The molecule has 0 saturated heterocycles. The highest BCUT2D eigenvalue weighted by Crippen LogP contribution is 2.22. The molecular weight excluding hydrogens is 236 g/mol. The van der Waals surface area contributed by atoms with Crippen molar-refractivity contribution < 1.29 is 17.2 Å². The Bertz CT molecular complexity index is 521. The van der Waals surface area contributed by atoms with E-state index in [0.29, 0.717) is 12.1 Å². The first kappa shape index (κ1) is 10.9. The number of hydrogen-bond donors (Lipinski definition) is 0. The van der Waals surface area contributed by atoms with Crippen molar-refractivity contribution in [2.45, 2.75) is 4.90 Å². The summed E-state index contributed by atoms with van der Waals surface area (Å²) in [5.74, 6) is -2.67. The van der Waals surface area contributed by atoms with E-state index in [1.54, 1.807) is 0 Å². The maximum Gasteiger partial charge on any atom is 0.262 e. The quantitative estimate of drug-likeness (QED) is 0.700. The van der Waals surface area contributed by atoms with Crippen LogP contribution >= 0.6 is 10.7 Å². The molecule has 14 heavy (non-hydrogen) atoms. The lowest BCUT2D eigenvalue weighted by atomic mass is 10.2. The van der Waals surface area contributed by atoms with E-state index >= 15 is 0 Å². The van der Waals surface area contributed by atoms with Gasteiger partial charge in [-0.15, -0.1) is 0 Å². The molecule has 0 unspecified atom stereocenters. The second-order valence-corrected chi connectivity index (χ2v) is 4.85. The van der Waals surface area contributed by atoms with Gasteiger partial charge in [-0.1, -0.05) is 0 Å². The second kappa shape index (κ2) is 3.52. The first-order chi connectivity index (χ1) is 6.36. The summed E-state index contributed by atoms with van der Waals surface area (Å²) in [6, 6.07) is 2.25. The van der Waals surface area contributed by atoms with Crippen LogP contribution < -0.4 is 0 Å². The Hall–Kier alpha value is -1.19. The van der Waals surface area contributed by atoms with Crippen molar-refractivity contribution >= 4 is 19.7 Å². The van der Waals surface area contributed by atoms with Gasteiger partial charge in [0, 0.05) is 10.7 Å². The molecule has 1 rings (SSSR count). The van der Waals surface area contributed by atoms with Crippen LogP contribution in [0.4, 0.5) is 8.78 Å². The molecule has 0 aliphatic rings. The normalized spacial score (nSPS) is 11.0. The van der Waals surface area contributed by atoms with E-state index in [2.05, 4.69) is 0 Å². The lowest BCUT2D eigenvalue weighted by Gasteiger charge is -2.00. The van der Waals surface area contributed by atoms with Gasteiger partial charge in [0.25, 0.3) is 9.05 Å². The standard InChI is InChI=1S/C7H2ClF2NO2S/c8-14(12,13)7-2-6(10)5(9)1-4(7)3-11/h1-2H. The lowest BCUT2D eigenvalue weighted by Crippen LogP contribution is -1.98. The van der Waals surface area contributed by atoms with E-state index in [4.69, 9.17) is 15.9 Å². The van der Waals surface area contributed by atoms with Gasteiger partial charge in [-0.25, -0.2) is 17.2 Å². The van der Waals surface area contributed by atoms with Gasteiger partial charge in [0.15, 0.2) is 11.6 Å². The molecule has 0 spiro atoms. The van der Waals surface area contributed by atoms with E-state index < -0.39 is 31.1 Å². The first-order valence-corrected chi connectivity index (χ1v) is 5.51. The van der Waals surface area contributed by atoms with E-state index in [9.17, 15) is 17.2 Å². The Balaban J connectivity index is 3.61. The van der Waals surface area contributed by atoms with Crippen LogP contribution in [0.1, 0.15) is 5.56 Å². The third-order valence-corrected chi connectivity index (χ3v) is 2.77. The molecule has 0 aliphatic heterocycles. The summed E-state index contributed by atoms with van der Waals surface area (Å²) in [6.07, 6.45) is 0. The van der Waals surface area contributed by atoms with Crippen LogP contribution in [0.15, 0.2) is 17.0 Å². The van der Waals surface area contributed by atoms with Crippen LogP contribution in [0.2, 0.25) is 0 Å². The molecule has 74 valence electrons. The predicted molar refractivity (Wildman–Crippen MR) is 44.1 cm³/mol. The first-order valence-electron chi connectivity index (χ1n) is 3.20. The lowest BCUT2D eigenvalue weighted by molar-refractivity contribution is 0.504. The molecule has 0 amide bonds. The summed E-state index contributed by atoms with van der Waals surface area (Å²) in [4.78, 5) is -0.736. The molecule has 0 aliphatic carbocycles. The zero-order valence-electron chi connectivity index (χ0n) is 6.46. The van der Waals surface area contributed by atoms with Crippen LogP contribution in [0.5, 0.6) is 0 Å². The van der Waals surface area contributed by atoms with Crippen molar-refractivity contribution in [2.24, 2.45) is 0 Å². The molecule has 0 heterocycles. The van der Waals surface area contributed by atoms with Crippen LogP contribution in [0.3, 0.4) is 0 Å². The molecule has 0 saturated carbocycles. The predicted octanol–water partition coefficient (Wildman–Crippen LogP) is 1.76. The third kappa shape index (κ3) is 2.00. The third-order valence-electron chi connectivity index (χ3n) is 1.41. The van der Waals surface area contributed by atoms with E-state index in [0.717, 1.165) is 0 Å². The van der Waals surface area contributed by atoms with Crippen LogP contribution in [0.25, 0.3) is 0 Å². The molecule has 1 aromatic carbocycles. The van der Waals surface area contributed by atoms with Gasteiger partial charge >= 0.3 is 0 Å². The van der Waals surface area contributed by atoms with Gasteiger partial charge in [-0.05, 0) is 12.1 Å². The summed E-state index contributed by atoms with van der Waals surface area (Å²) in [5.41, 5.74) is -0.529. The van der Waals surface area contributed by atoms with Gasteiger partial charge in [0.05, 0.1) is 5.56 Å². The summed E-state index contributed by atoms with van der Waals surface area (Å²) in [6.45, 7) is 0. The average molecular weight is 238 g/mol. The minimum Gasteiger partial charge on any atom is -0.207 e. The Morgan fingerprint density at radius 3 is 2.21 bits per heavy atom. The SMILES string of the molecule is N#Cc1cc(F)c(F)cc1S(=O)(=O)Cl. The average Bonchev–Trinajstić information content (AvgIpc) is 2.07. The Morgan fingerprint density at radius 2 is 1.79 bits per heavy atom. The number of nitrogens with zero attached hydrogens (tertiary/aromatic N) is 1.